The summed E-state index contributed by atoms with van der Waals surface area (Å²) in [4.78, 5) is 4.17. The fourth-order valence-electron chi connectivity index (χ4n) is 1.86. The first-order valence-electron chi connectivity index (χ1n) is 5.56. The average molecular weight is 264 g/mol. The maximum Gasteiger partial charge on any atom is 0.143 e. The predicted octanol–water partition coefficient (Wildman–Crippen LogP) is 3.13. The summed E-state index contributed by atoms with van der Waals surface area (Å²) in [6.07, 6.45) is 0.775. The summed E-state index contributed by atoms with van der Waals surface area (Å²) in [5.41, 5.74) is 2.19. The minimum atomic E-state index is -0.849. The molecule has 0 spiro atoms. The fourth-order valence-corrected chi connectivity index (χ4v) is 2.16. The van der Waals surface area contributed by atoms with Gasteiger partial charge in [-0.05, 0) is 42.3 Å². The Labute approximate surface area is 111 Å². The van der Waals surface area contributed by atoms with Crippen LogP contribution in [-0.2, 0) is 0 Å². The number of hydrogen-bond donors (Lipinski definition) is 1. The zero-order chi connectivity index (χ0) is 13.1. The number of ether oxygens (including phenoxy) is 1. The molecule has 2 rings (SSSR count). The summed E-state index contributed by atoms with van der Waals surface area (Å²) in [7, 11) is 1.55. The van der Waals surface area contributed by atoms with Crippen molar-refractivity contribution in [2.45, 2.75) is 13.0 Å². The average Bonchev–Trinajstić information content (AvgIpc) is 2.36. The van der Waals surface area contributed by atoms with Crippen molar-refractivity contribution in [3.8, 4) is 5.75 Å². The molecular formula is C14H14ClNO2. The molecule has 0 saturated heterocycles. The molecule has 18 heavy (non-hydrogen) atoms. The predicted molar refractivity (Wildman–Crippen MR) is 71.0 cm³/mol. The molecule has 4 heteroatoms. The minimum Gasteiger partial charge on any atom is -0.495 e. The number of aliphatic hydroxyl groups is 1. The van der Waals surface area contributed by atoms with Gasteiger partial charge in [0.15, 0.2) is 0 Å². The van der Waals surface area contributed by atoms with Crippen molar-refractivity contribution in [2.75, 3.05) is 7.11 Å². The van der Waals surface area contributed by atoms with Crippen molar-refractivity contribution in [3.63, 3.8) is 0 Å². The molecule has 3 nitrogen and oxygen atoms in total. The van der Waals surface area contributed by atoms with Crippen LogP contribution in [0.25, 0.3) is 0 Å². The van der Waals surface area contributed by atoms with Crippen LogP contribution in [-0.4, -0.2) is 17.2 Å². The first-order chi connectivity index (χ1) is 8.61. The molecular weight excluding hydrogens is 250 g/mol. The lowest BCUT2D eigenvalue weighted by atomic mass is 10.0. The number of benzene rings is 1. The third kappa shape index (κ3) is 2.63. The Morgan fingerprint density at radius 1 is 1.33 bits per heavy atom. The van der Waals surface area contributed by atoms with Crippen LogP contribution in [0.4, 0.5) is 0 Å². The van der Waals surface area contributed by atoms with Crippen molar-refractivity contribution < 1.29 is 9.84 Å². The van der Waals surface area contributed by atoms with Gasteiger partial charge in [0.25, 0.3) is 0 Å². The first-order valence-corrected chi connectivity index (χ1v) is 5.93. The van der Waals surface area contributed by atoms with Crippen molar-refractivity contribution in [2.24, 2.45) is 0 Å². The van der Waals surface area contributed by atoms with Crippen LogP contribution < -0.4 is 4.74 Å². The van der Waals surface area contributed by atoms with Gasteiger partial charge in [-0.25, -0.2) is 0 Å². The van der Waals surface area contributed by atoms with Gasteiger partial charge in [0.1, 0.15) is 17.5 Å². The van der Waals surface area contributed by atoms with E-state index in [1.807, 2.05) is 19.1 Å². The van der Waals surface area contributed by atoms with E-state index < -0.39 is 6.10 Å². The highest BCUT2D eigenvalue weighted by molar-refractivity contribution is 6.30. The molecule has 0 aliphatic heterocycles. The zero-order valence-electron chi connectivity index (χ0n) is 10.2. The summed E-state index contributed by atoms with van der Waals surface area (Å²) in [5.74, 6) is 0.558. The van der Waals surface area contributed by atoms with E-state index in [9.17, 15) is 5.11 Å². The Morgan fingerprint density at radius 3 is 2.78 bits per heavy atom. The third-order valence-electron chi connectivity index (χ3n) is 2.66. The van der Waals surface area contributed by atoms with E-state index in [-0.39, 0.29) is 0 Å². The van der Waals surface area contributed by atoms with Gasteiger partial charge in [-0.1, -0.05) is 17.7 Å². The van der Waals surface area contributed by atoms with E-state index in [0.29, 0.717) is 22.0 Å². The van der Waals surface area contributed by atoms with Crippen LogP contribution in [0.5, 0.6) is 5.75 Å². The van der Waals surface area contributed by atoms with E-state index >= 15 is 0 Å². The van der Waals surface area contributed by atoms with Gasteiger partial charge < -0.3 is 9.84 Å². The normalized spacial score (nSPS) is 12.2. The molecule has 1 atom stereocenters. The van der Waals surface area contributed by atoms with E-state index in [1.54, 1.807) is 31.5 Å². The smallest absolute Gasteiger partial charge is 0.143 e. The second kappa shape index (κ2) is 5.38. The lowest BCUT2D eigenvalue weighted by Crippen LogP contribution is -2.05. The summed E-state index contributed by atoms with van der Waals surface area (Å²) in [5, 5.41) is 10.9. The molecule has 0 saturated carbocycles. The number of rotatable bonds is 3. The van der Waals surface area contributed by atoms with E-state index in [4.69, 9.17) is 16.3 Å². The number of pyridine rings is 1. The largest absolute Gasteiger partial charge is 0.495 e. The van der Waals surface area contributed by atoms with Gasteiger partial charge in [-0.3, -0.25) is 4.98 Å². The topological polar surface area (TPSA) is 42.4 Å². The SMILES string of the molecule is COc1cccnc1C(O)c1cc(C)cc(Cl)c1. The summed E-state index contributed by atoms with van der Waals surface area (Å²) < 4.78 is 5.19. The highest BCUT2D eigenvalue weighted by Crippen LogP contribution is 2.29. The van der Waals surface area contributed by atoms with Gasteiger partial charge in [0.05, 0.1) is 7.11 Å². The Kier molecular flexibility index (Phi) is 3.84. The first kappa shape index (κ1) is 12.9. The summed E-state index contributed by atoms with van der Waals surface area (Å²) in [6, 6.07) is 8.98. The number of methoxy groups -OCH3 is 1. The molecule has 2 aromatic rings. The molecule has 0 amide bonds. The van der Waals surface area contributed by atoms with Gasteiger partial charge in [-0.15, -0.1) is 0 Å². The van der Waals surface area contributed by atoms with Crippen LogP contribution in [0, 0.1) is 6.92 Å². The maximum absolute atomic E-state index is 10.4. The van der Waals surface area contributed by atoms with E-state index in [2.05, 4.69) is 4.98 Å². The molecule has 94 valence electrons. The van der Waals surface area contributed by atoms with Crippen LogP contribution in [0.1, 0.15) is 22.9 Å². The molecule has 0 aliphatic rings. The number of hydrogen-bond acceptors (Lipinski definition) is 3. The number of halogens is 1. The maximum atomic E-state index is 10.4. The standard InChI is InChI=1S/C14H14ClNO2/c1-9-6-10(8-11(15)7-9)14(17)13-12(18-2)4-3-5-16-13/h3-8,14,17H,1-2H3. The van der Waals surface area contributed by atoms with Crippen molar-refractivity contribution in [3.05, 3.63) is 58.4 Å². The molecule has 1 aromatic heterocycles. The van der Waals surface area contributed by atoms with Crippen molar-refractivity contribution >= 4 is 11.6 Å². The van der Waals surface area contributed by atoms with Crippen LogP contribution in [0.2, 0.25) is 5.02 Å². The van der Waals surface area contributed by atoms with Gasteiger partial charge in [0.2, 0.25) is 0 Å². The second-order valence-corrected chi connectivity index (χ2v) is 4.49. The molecule has 0 fully saturated rings. The van der Waals surface area contributed by atoms with E-state index in [1.165, 1.54) is 0 Å². The molecule has 1 heterocycles. The number of aliphatic hydroxyl groups excluding tert-OH is 1. The van der Waals surface area contributed by atoms with Gasteiger partial charge >= 0.3 is 0 Å². The van der Waals surface area contributed by atoms with Crippen LogP contribution in [0.3, 0.4) is 0 Å². The van der Waals surface area contributed by atoms with Gasteiger partial charge in [0, 0.05) is 11.2 Å². The number of aromatic nitrogens is 1. The monoisotopic (exact) mass is 263 g/mol. The molecule has 0 aliphatic carbocycles. The molecule has 1 N–H and O–H groups in total. The Bertz CT molecular complexity index is 537. The molecule has 1 aromatic carbocycles. The number of aryl methyl sites for hydroxylation is 1. The highest BCUT2D eigenvalue weighted by atomic mass is 35.5. The van der Waals surface area contributed by atoms with Gasteiger partial charge in [-0.2, -0.15) is 0 Å². The highest BCUT2D eigenvalue weighted by Gasteiger charge is 2.17. The minimum absolute atomic E-state index is 0.488. The van der Waals surface area contributed by atoms with Crippen molar-refractivity contribution in [1.29, 1.82) is 0 Å². The second-order valence-electron chi connectivity index (χ2n) is 4.06. The van der Waals surface area contributed by atoms with Crippen LogP contribution in [0.15, 0.2) is 36.5 Å². The number of nitrogens with zero attached hydrogens (tertiary/aromatic N) is 1. The lowest BCUT2D eigenvalue weighted by molar-refractivity contribution is 0.209. The Balaban J connectivity index is 2.44. The Hall–Kier alpha value is -1.58. The Morgan fingerprint density at radius 2 is 2.11 bits per heavy atom. The van der Waals surface area contributed by atoms with Crippen LogP contribution >= 0.6 is 11.6 Å². The zero-order valence-corrected chi connectivity index (χ0v) is 11.0. The summed E-state index contributed by atoms with van der Waals surface area (Å²) in [6.45, 7) is 1.93. The third-order valence-corrected chi connectivity index (χ3v) is 2.88. The van der Waals surface area contributed by atoms with Crippen molar-refractivity contribution in [1.82, 2.24) is 4.98 Å². The molecule has 0 radical (unpaired) electrons. The molecule has 0 bridgehead atoms. The molecule has 1 unspecified atom stereocenters. The quantitative estimate of drug-likeness (QED) is 0.925. The fraction of sp³-hybridized carbons (Fsp3) is 0.214. The van der Waals surface area contributed by atoms with E-state index in [0.717, 1.165) is 5.56 Å². The lowest BCUT2D eigenvalue weighted by Gasteiger charge is -2.14. The summed E-state index contributed by atoms with van der Waals surface area (Å²) >= 11 is 5.99.